The molecule has 1 aliphatic heterocycles. The van der Waals surface area contributed by atoms with Crippen LogP contribution in [0.25, 0.3) is 0 Å². The van der Waals surface area contributed by atoms with Gasteiger partial charge in [-0.05, 0) is 46.1 Å². The van der Waals surface area contributed by atoms with Gasteiger partial charge in [0.05, 0.1) is 5.41 Å². The van der Waals surface area contributed by atoms with Crippen molar-refractivity contribution >= 4 is 5.97 Å². The fraction of sp³-hybridized carbons (Fsp3) is 0.929. The van der Waals surface area contributed by atoms with Crippen LogP contribution in [0.3, 0.4) is 0 Å². The molecule has 0 bridgehead atoms. The van der Waals surface area contributed by atoms with Crippen molar-refractivity contribution < 1.29 is 9.53 Å². The normalized spacial score (nSPS) is 33.9. The molecule has 3 nitrogen and oxygen atoms in total. The van der Waals surface area contributed by atoms with Crippen molar-refractivity contribution in [1.82, 2.24) is 5.32 Å². The van der Waals surface area contributed by atoms with E-state index in [0.717, 1.165) is 25.9 Å². The van der Waals surface area contributed by atoms with Crippen molar-refractivity contribution in [1.29, 1.82) is 0 Å². The first-order valence-electron chi connectivity index (χ1n) is 6.88. The lowest BCUT2D eigenvalue weighted by molar-refractivity contribution is -0.169. The topological polar surface area (TPSA) is 38.3 Å². The minimum Gasteiger partial charge on any atom is -0.459 e. The fourth-order valence-electron chi connectivity index (χ4n) is 3.21. The molecule has 1 saturated carbocycles. The first-order valence-corrected chi connectivity index (χ1v) is 6.88. The smallest absolute Gasteiger partial charge is 0.314 e. The van der Waals surface area contributed by atoms with Crippen molar-refractivity contribution in [3.05, 3.63) is 0 Å². The van der Waals surface area contributed by atoms with Crippen molar-refractivity contribution in [2.24, 2.45) is 11.3 Å². The molecule has 3 heteroatoms. The summed E-state index contributed by atoms with van der Waals surface area (Å²) in [4.78, 5) is 12.5. The summed E-state index contributed by atoms with van der Waals surface area (Å²) in [5, 5.41) is 3.40. The maximum absolute atomic E-state index is 12.5. The molecule has 0 radical (unpaired) electrons. The van der Waals surface area contributed by atoms with E-state index in [-0.39, 0.29) is 17.0 Å². The minimum atomic E-state index is -0.370. The van der Waals surface area contributed by atoms with Crippen molar-refractivity contribution in [3.63, 3.8) is 0 Å². The summed E-state index contributed by atoms with van der Waals surface area (Å²) in [6, 6.07) is 0. The molecule has 0 aromatic heterocycles. The highest BCUT2D eigenvalue weighted by molar-refractivity contribution is 5.78. The highest BCUT2D eigenvalue weighted by Gasteiger charge is 2.50. The number of fused-ring (bicyclic) bond motifs is 1. The summed E-state index contributed by atoms with van der Waals surface area (Å²) in [5.74, 6) is 0.516. The molecule has 98 valence electrons. The zero-order valence-corrected chi connectivity index (χ0v) is 11.3. The van der Waals surface area contributed by atoms with E-state index in [1.165, 1.54) is 19.3 Å². The van der Waals surface area contributed by atoms with Crippen LogP contribution in [-0.2, 0) is 9.53 Å². The number of nitrogens with one attached hydrogen (secondary N) is 1. The van der Waals surface area contributed by atoms with E-state index in [1.54, 1.807) is 0 Å². The average molecular weight is 239 g/mol. The van der Waals surface area contributed by atoms with E-state index < -0.39 is 0 Å². The molecule has 1 heterocycles. The molecule has 1 N–H and O–H groups in total. The molecular formula is C14H25NO2. The summed E-state index contributed by atoms with van der Waals surface area (Å²) in [6.07, 6.45) is 5.86. The summed E-state index contributed by atoms with van der Waals surface area (Å²) in [5.41, 5.74) is -0.602. The predicted octanol–water partition coefficient (Wildman–Crippen LogP) is 2.50. The van der Waals surface area contributed by atoms with Gasteiger partial charge in [0.25, 0.3) is 0 Å². The summed E-state index contributed by atoms with van der Waals surface area (Å²) in [6.45, 7) is 7.66. The lowest BCUT2D eigenvalue weighted by Gasteiger charge is -2.34. The number of hydrogen-bond donors (Lipinski definition) is 1. The Bertz CT molecular complexity index is 295. The molecule has 1 aliphatic carbocycles. The van der Waals surface area contributed by atoms with E-state index >= 15 is 0 Å². The third kappa shape index (κ3) is 2.65. The Kier molecular flexibility index (Phi) is 3.48. The van der Waals surface area contributed by atoms with Gasteiger partial charge in [-0.25, -0.2) is 0 Å². The summed E-state index contributed by atoms with van der Waals surface area (Å²) in [7, 11) is 0. The maximum Gasteiger partial charge on any atom is 0.314 e. The van der Waals surface area contributed by atoms with Crippen molar-refractivity contribution in [3.8, 4) is 0 Å². The van der Waals surface area contributed by atoms with Gasteiger partial charge in [-0.3, -0.25) is 4.79 Å². The van der Waals surface area contributed by atoms with Gasteiger partial charge in [-0.15, -0.1) is 0 Å². The highest BCUT2D eigenvalue weighted by atomic mass is 16.6. The number of rotatable bonds is 1. The first-order chi connectivity index (χ1) is 7.94. The highest BCUT2D eigenvalue weighted by Crippen LogP contribution is 2.44. The van der Waals surface area contributed by atoms with Crippen molar-refractivity contribution in [2.45, 2.75) is 58.5 Å². The Labute approximate surface area is 104 Å². The van der Waals surface area contributed by atoms with Crippen LogP contribution in [0.2, 0.25) is 0 Å². The standard InChI is InChI=1S/C14H25NO2/c1-13(2,3)17-12(16)14-8-6-4-5-7-11(14)9-15-10-14/h11,15H,4-10H2,1-3H3. The molecule has 2 fully saturated rings. The van der Waals surface area contributed by atoms with Gasteiger partial charge in [0.15, 0.2) is 0 Å². The zero-order chi connectivity index (χ0) is 12.5. The van der Waals surface area contributed by atoms with Gasteiger partial charge in [0.1, 0.15) is 5.60 Å². The quantitative estimate of drug-likeness (QED) is 0.714. The fourth-order valence-corrected chi connectivity index (χ4v) is 3.21. The zero-order valence-electron chi connectivity index (χ0n) is 11.3. The van der Waals surface area contributed by atoms with E-state index in [4.69, 9.17) is 4.74 Å². The van der Waals surface area contributed by atoms with Crippen LogP contribution in [0.5, 0.6) is 0 Å². The van der Waals surface area contributed by atoms with Crippen LogP contribution in [0.4, 0.5) is 0 Å². The second-order valence-electron chi connectivity index (χ2n) is 6.59. The second kappa shape index (κ2) is 4.60. The molecule has 2 rings (SSSR count). The monoisotopic (exact) mass is 239 g/mol. The van der Waals surface area contributed by atoms with Crippen molar-refractivity contribution in [2.75, 3.05) is 13.1 Å². The lowest BCUT2D eigenvalue weighted by Crippen LogP contribution is -2.42. The third-order valence-corrected chi connectivity index (χ3v) is 4.09. The molecule has 0 spiro atoms. The van der Waals surface area contributed by atoms with Gasteiger partial charge in [-0.2, -0.15) is 0 Å². The molecule has 0 aromatic carbocycles. The van der Waals surface area contributed by atoms with Gasteiger partial charge in [-0.1, -0.05) is 19.3 Å². The number of hydrogen-bond acceptors (Lipinski definition) is 3. The predicted molar refractivity (Wildman–Crippen MR) is 67.7 cm³/mol. The summed E-state index contributed by atoms with van der Waals surface area (Å²) < 4.78 is 5.66. The maximum atomic E-state index is 12.5. The van der Waals surface area contributed by atoms with E-state index in [9.17, 15) is 4.79 Å². The van der Waals surface area contributed by atoms with Crippen LogP contribution < -0.4 is 5.32 Å². The molecule has 0 amide bonds. The van der Waals surface area contributed by atoms with Crippen LogP contribution in [0.1, 0.15) is 52.9 Å². The minimum absolute atomic E-state index is 0.0295. The van der Waals surface area contributed by atoms with E-state index in [1.807, 2.05) is 20.8 Å². The van der Waals surface area contributed by atoms with E-state index in [0.29, 0.717) is 5.92 Å². The largest absolute Gasteiger partial charge is 0.459 e. The Morgan fingerprint density at radius 1 is 1.29 bits per heavy atom. The molecule has 1 saturated heterocycles. The molecule has 2 unspecified atom stereocenters. The molecule has 2 aliphatic rings. The number of carbonyl (C=O) groups excluding carboxylic acids is 1. The Hall–Kier alpha value is -0.570. The second-order valence-corrected chi connectivity index (χ2v) is 6.59. The van der Waals surface area contributed by atoms with Gasteiger partial charge >= 0.3 is 5.97 Å². The Balaban J connectivity index is 2.16. The first kappa shape index (κ1) is 12.9. The van der Waals surface area contributed by atoms with Gasteiger partial charge in [0.2, 0.25) is 0 Å². The third-order valence-electron chi connectivity index (χ3n) is 4.09. The summed E-state index contributed by atoms with van der Waals surface area (Å²) >= 11 is 0. The lowest BCUT2D eigenvalue weighted by atomic mass is 9.74. The molecule has 17 heavy (non-hydrogen) atoms. The number of carbonyl (C=O) groups is 1. The molecule has 2 atom stereocenters. The Morgan fingerprint density at radius 3 is 2.76 bits per heavy atom. The van der Waals surface area contributed by atoms with Crippen LogP contribution >= 0.6 is 0 Å². The molecule has 0 aromatic rings. The van der Waals surface area contributed by atoms with Gasteiger partial charge < -0.3 is 10.1 Å². The SMILES string of the molecule is CC(C)(C)OC(=O)C12CCCCCC1CNC2. The van der Waals surface area contributed by atoms with Crippen LogP contribution in [0, 0.1) is 11.3 Å². The number of ether oxygens (including phenoxy) is 1. The average Bonchev–Trinajstić information content (AvgIpc) is 2.50. The van der Waals surface area contributed by atoms with Gasteiger partial charge in [0, 0.05) is 6.54 Å². The van der Waals surface area contributed by atoms with Crippen LogP contribution in [0.15, 0.2) is 0 Å². The van der Waals surface area contributed by atoms with Crippen LogP contribution in [-0.4, -0.2) is 24.7 Å². The number of esters is 1. The Morgan fingerprint density at radius 2 is 2.06 bits per heavy atom. The van der Waals surface area contributed by atoms with E-state index in [2.05, 4.69) is 5.32 Å². The molecular weight excluding hydrogens is 214 g/mol.